The van der Waals surface area contributed by atoms with Crippen LogP contribution in [-0.2, 0) is 20.2 Å². The van der Waals surface area contributed by atoms with Crippen molar-refractivity contribution in [2.45, 2.75) is 27.0 Å². The molecule has 4 heterocycles. The third-order valence-corrected chi connectivity index (χ3v) is 6.72. The Hall–Kier alpha value is -4.48. The molecule has 0 radical (unpaired) electrons. The summed E-state index contributed by atoms with van der Waals surface area (Å²) < 4.78 is 23.3. The fraction of sp³-hybridized carbons (Fsp3) is 0.172. The number of para-hydroxylation sites is 1. The van der Waals surface area contributed by atoms with E-state index in [9.17, 15) is 14.4 Å². The van der Waals surface area contributed by atoms with E-state index < -0.39 is 5.56 Å². The normalized spacial score (nSPS) is 11.1. The smallest absolute Gasteiger partial charge is 0.268 e. The first kappa shape index (κ1) is 25.2. The molecule has 0 aliphatic carbocycles. The first-order valence-corrected chi connectivity index (χ1v) is 12.2. The van der Waals surface area contributed by atoms with E-state index in [1.165, 1.54) is 21.3 Å². The van der Waals surface area contributed by atoms with Crippen molar-refractivity contribution in [3.8, 4) is 23.1 Å². The van der Waals surface area contributed by atoms with Crippen LogP contribution >= 0.6 is 11.6 Å². The third-order valence-electron chi connectivity index (χ3n) is 6.38. The fourth-order valence-corrected chi connectivity index (χ4v) is 4.82. The van der Waals surface area contributed by atoms with Crippen LogP contribution in [0.15, 0.2) is 65.6 Å². The van der Waals surface area contributed by atoms with E-state index in [0.717, 1.165) is 22.3 Å². The topological polar surface area (TPSA) is 85.7 Å². The monoisotopic (exact) mass is 527 g/mol. The van der Waals surface area contributed by atoms with E-state index in [1.54, 1.807) is 31.4 Å². The number of nitrogens with zero attached hydrogens (tertiary/aromatic N) is 5. The molecule has 0 unspecified atom stereocenters. The van der Waals surface area contributed by atoms with E-state index in [1.807, 2.05) is 44.2 Å². The highest BCUT2D eigenvalue weighted by Crippen LogP contribution is 2.34. The lowest BCUT2D eigenvalue weighted by Gasteiger charge is -2.16. The second-order valence-corrected chi connectivity index (χ2v) is 9.40. The van der Waals surface area contributed by atoms with Crippen LogP contribution in [0.5, 0.6) is 5.75 Å². The summed E-state index contributed by atoms with van der Waals surface area (Å²) in [5.74, 6) is 0.205. The number of aromatic nitrogens is 4. The molecule has 4 aromatic heterocycles. The minimum atomic E-state index is -0.403. The number of hydrogen-bond donors (Lipinski definition) is 0. The maximum absolute atomic E-state index is 14.1. The number of ether oxygens (including phenoxy) is 1. The van der Waals surface area contributed by atoms with Gasteiger partial charge in [-0.05, 0) is 56.3 Å². The quantitative estimate of drug-likeness (QED) is 0.282. The second-order valence-electron chi connectivity index (χ2n) is 8.99. The molecule has 0 saturated carbocycles. The van der Waals surface area contributed by atoms with Crippen molar-refractivity contribution in [1.82, 2.24) is 19.1 Å². The molecule has 38 heavy (non-hydrogen) atoms. The number of nitriles is 1. The Kier molecular flexibility index (Phi) is 6.70. The minimum absolute atomic E-state index is 0.0511. The van der Waals surface area contributed by atoms with Gasteiger partial charge in [-0.25, -0.2) is 4.98 Å². The SMILES string of the molecule is Cc1cc(Cl)c(COc2cccc3c(-c4ccc(F)n4C)cc(C)nc23)c(Cn2cccc(C#N)c2=O)n1. The Balaban J connectivity index is 1.53. The van der Waals surface area contributed by atoms with E-state index >= 15 is 0 Å². The van der Waals surface area contributed by atoms with E-state index in [4.69, 9.17) is 21.3 Å². The largest absolute Gasteiger partial charge is 0.486 e. The number of fused-ring (bicyclic) bond motifs is 1. The number of rotatable bonds is 6. The summed E-state index contributed by atoms with van der Waals surface area (Å²) in [6.45, 7) is 3.91. The predicted molar refractivity (Wildman–Crippen MR) is 144 cm³/mol. The van der Waals surface area contributed by atoms with Crippen molar-refractivity contribution < 1.29 is 9.13 Å². The molecule has 190 valence electrons. The highest BCUT2D eigenvalue weighted by atomic mass is 35.5. The highest BCUT2D eigenvalue weighted by molar-refractivity contribution is 6.31. The lowest BCUT2D eigenvalue weighted by molar-refractivity contribution is 0.307. The molecule has 0 saturated heterocycles. The zero-order valence-corrected chi connectivity index (χ0v) is 21.8. The molecule has 0 atom stereocenters. The van der Waals surface area contributed by atoms with Crippen molar-refractivity contribution in [2.24, 2.45) is 7.05 Å². The van der Waals surface area contributed by atoms with Crippen LogP contribution < -0.4 is 10.3 Å². The molecule has 5 aromatic rings. The molecule has 0 bridgehead atoms. The number of aryl methyl sites for hydroxylation is 2. The zero-order valence-electron chi connectivity index (χ0n) is 21.0. The van der Waals surface area contributed by atoms with Crippen molar-refractivity contribution in [1.29, 1.82) is 5.26 Å². The van der Waals surface area contributed by atoms with Gasteiger partial charge in [-0.2, -0.15) is 9.65 Å². The Morgan fingerprint density at radius 2 is 1.87 bits per heavy atom. The fourth-order valence-electron chi connectivity index (χ4n) is 4.50. The number of hydrogen-bond acceptors (Lipinski definition) is 5. The van der Waals surface area contributed by atoms with Gasteiger partial charge in [-0.15, -0.1) is 0 Å². The van der Waals surface area contributed by atoms with Gasteiger partial charge < -0.3 is 13.9 Å². The van der Waals surface area contributed by atoms with Crippen LogP contribution in [0.25, 0.3) is 22.2 Å². The predicted octanol–water partition coefficient (Wildman–Crippen LogP) is 5.71. The van der Waals surface area contributed by atoms with Crippen LogP contribution in [0.3, 0.4) is 0 Å². The van der Waals surface area contributed by atoms with Crippen molar-refractivity contribution in [2.75, 3.05) is 0 Å². The van der Waals surface area contributed by atoms with Crippen LogP contribution in [0.2, 0.25) is 5.02 Å². The zero-order chi connectivity index (χ0) is 27.0. The number of halogens is 2. The van der Waals surface area contributed by atoms with Crippen LogP contribution in [0.4, 0.5) is 4.39 Å². The number of pyridine rings is 3. The van der Waals surface area contributed by atoms with Crippen molar-refractivity contribution in [3.63, 3.8) is 0 Å². The third kappa shape index (κ3) is 4.64. The molecule has 0 spiro atoms. The molecule has 1 aromatic carbocycles. The molecule has 0 amide bonds. The summed E-state index contributed by atoms with van der Waals surface area (Å²) in [5.41, 5.74) is 4.51. The van der Waals surface area contributed by atoms with Gasteiger partial charge in [0, 0.05) is 41.1 Å². The molecular formula is C29H23ClFN5O2. The van der Waals surface area contributed by atoms with Crippen LogP contribution in [-0.4, -0.2) is 19.1 Å². The molecule has 0 aliphatic heterocycles. The summed E-state index contributed by atoms with van der Waals surface area (Å²) in [6, 6.07) is 17.5. The second kappa shape index (κ2) is 10.1. The molecule has 0 fully saturated rings. The molecular weight excluding hydrogens is 505 g/mol. The molecule has 5 rings (SSSR count). The summed E-state index contributed by atoms with van der Waals surface area (Å²) >= 11 is 6.62. The van der Waals surface area contributed by atoms with E-state index in [0.29, 0.717) is 33.2 Å². The van der Waals surface area contributed by atoms with Crippen molar-refractivity contribution in [3.05, 3.63) is 110 Å². The lowest BCUT2D eigenvalue weighted by Crippen LogP contribution is -2.23. The maximum atomic E-state index is 14.1. The Morgan fingerprint density at radius 3 is 2.61 bits per heavy atom. The van der Waals surface area contributed by atoms with Gasteiger partial charge in [0.15, 0.2) is 5.95 Å². The van der Waals surface area contributed by atoms with Gasteiger partial charge in [-0.1, -0.05) is 23.7 Å². The van der Waals surface area contributed by atoms with Crippen LogP contribution in [0, 0.1) is 31.1 Å². The highest BCUT2D eigenvalue weighted by Gasteiger charge is 2.17. The first-order chi connectivity index (χ1) is 18.3. The summed E-state index contributed by atoms with van der Waals surface area (Å²) in [6.07, 6.45) is 1.61. The maximum Gasteiger partial charge on any atom is 0.268 e. The Bertz CT molecular complexity index is 1800. The van der Waals surface area contributed by atoms with Gasteiger partial charge in [0.05, 0.1) is 23.0 Å². The van der Waals surface area contributed by atoms with Crippen molar-refractivity contribution >= 4 is 22.5 Å². The Morgan fingerprint density at radius 1 is 1.08 bits per heavy atom. The molecule has 0 N–H and O–H groups in total. The summed E-state index contributed by atoms with van der Waals surface area (Å²) in [5, 5.41) is 10.5. The standard InChI is InChI=1S/C29H23ClFN5O2/c1-17-12-21(25-9-10-27(31)35(25)3)20-7-4-8-26(28(20)34-17)38-16-22-23(30)13-18(2)33-24(22)15-36-11-5-6-19(14-32)29(36)37/h4-13H,15-16H2,1-3H3. The average Bonchev–Trinajstić information content (AvgIpc) is 3.22. The molecule has 7 nitrogen and oxygen atoms in total. The minimum Gasteiger partial charge on any atom is -0.486 e. The van der Waals surface area contributed by atoms with E-state index in [-0.39, 0.29) is 24.7 Å². The van der Waals surface area contributed by atoms with Gasteiger partial charge in [0.1, 0.15) is 29.5 Å². The van der Waals surface area contributed by atoms with E-state index in [2.05, 4.69) is 4.98 Å². The Labute approximate surface area is 223 Å². The lowest BCUT2D eigenvalue weighted by atomic mass is 10.0. The van der Waals surface area contributed by atoms with Gasteiger partial charge in [0.2, 0.25) is 0 Å². The van der Waals surface area contributed by atoms with Gasteiger partial charge in [0.25, 0.3) is 5.56 Å². The molecule has 0 aliphatic rings. The summed E-state index contributed by atoms with van der Waals surface area (Å²) in [4.78, 5) is 22.0. The van der Waals surface area contributed by atoms with Crippen LogP contribution in [0.1, 0.15) is 28.2 Å². The summed E-state index contributed by atoms with van der Waals surface area (Å²) in [7, 11) is 1.68. The average molecular weight is 528 g/mol. The van der Waals surface area contributed by atoms with Gasteiger partial charge >= 0.3 is 0 Å². The first-order valence-electron chi connectivity index (χ1n) is 11.9. The van der Waals surface area contributed by atoms with Gasteiger partial charge in [-0.3, -0.25) is 9.78 Å². The molecule has 9 heteroatoms. The number of benzene rings is 1.